The van der Waals surface area contributed by atoms with Gasteiger partial charge in [-0.3, -0.25) is 9.89 Å². The second-order valence-electron chi connectivity index (χ2n) is 6.89. The van der Waals surface area contributed by atoms with E-state index in [4.69, 9.17) is 0 Å². The highest BCUT2D eigenvalue weighted by molar-refractivity contribution is 14.0. The fraction of sp³-hybridized carbons (Fsp3) is 0.789. The van der Waals surface area contributed by atoms with Crippen LogP contribution in [0.3, 0.4) is 0 Å². The highest BCUT2D eigenvalue weighted by atomic mass is 127. The van der Waals surface area contributed by atoms with Crippen LogP contribution in [0.25, 0.3) is 0 Å². The van der Waals surface area contributed by atoms with Gasteiger partial charge < -0.3 is 15.2 Å². The lowest BCUT2D eigenvalue weighted by Crippen LogP contribution is -2.46. The molecule has 7 heteroatoms. The molecule has 1 aliphatic rings. The van der Waals surface area contributed by atoms with Crippen LogP contribution in [-0.4, -0.2) is 59.7 Å². The van der Waals surface area contributed by atoms with Gasteiger partial charge >= 0.3 is 0 Å². The highest BCUT2D eigenvalue weighted by Gasteiger charge is 2.19. The summed E-state index contributed by atoms with van der Waals surface area (Å²) in [5.74, 6) is 2.01. The maximum absolute atomic E-state index is 4.33. The van der Waals surface area contributed by atoms with Gasteiger partial charge in [0, 0.05) is 51.7 Å². The predicted octanol–water partition coefficient (Wildman–Crippen LogP) is 3.02. The minimum Gasteiger partial charge on any atom is -0.356 e. The first kappa shape index (κ1) is 23.2. The average Bonchev–Trinajstić information content (AvgIpc) is 3.05. The number of halogens is 1. The fourth-order valence-electron chi connectivity index (χ4n) is 3.61. The molecule has 2 rings (SSSR count). The SMILES string of the molecule is CCC1CCCCN1CCNC(=NC)NCCCCn1ccnc1C.I. The van der Waals surface area contributed by atoms with E-state index in [-0.39, 0.29) is 24.0 Å². The van der Waals surface area contributed by atoms with E-state index in [9.17, 15) is 0 Å². The molecule has 150 valence electrons. The summed E-state index contributed by atoms with van der Waals surface area (Å²) in [6.07, 6.45) is 11.6. The zero-order valence-corrected chi connectivity index (χ0v) is 19.0. The molecule has 1 aromatic heterocycles. The van der Waals surface area contributed by atoms with Gasteiger partial charge in [0.05, 0.1) is 0 Å². The highest BCUT2D eigenvalue weighted by Crippen LogP contribution is 2.18. The van der Waals surface area contributed by atoms with Crippen LogP contribution in [0.5, 0.6) is 0 Å². The van der Waals surface area contributed by atoms with Crippen LogP contribution < -0.4 is 10.6 Å². The van der Waals surface area contributed by atoms with Crippen molar-refractivity contribution < 1.29 is 0 Å². The minimum absolute atomic E-state index is 0. The number of hydrogen-bond acceptors (Lipinski definition) is 3. The summed E-state index contributed by atoms with van der Waals surface area (Å²) in [5.41, 5.74) is 0. The van der Waals surface area contributed by atoms with Gasteiger partial charge in [0.25, 0.3) is 0 Å². The second-order valence-corrected chi connectivity index (χ2v) is 6.89. The standard InChI is InChI=1S/C19H36N6.HI/c1-4-18-9-5-7-14-25(18)16-12-23-19(20-3)22-10-6-8-13-24-15-11-21-17(24)2;/h11,15,18H,4-10,12-14,16H2,1-3H3,(H2,20,22,23);1H. The number of nitrogens with one attached hydrogen (secondary N) is 2. The third kappa shape index (κ3) is 7.82. The van der Waals surface area contributed by atoms with E-state index in [1.807, 2.05) is 19.4 Å². The Morgan fingerprint density at radius 1 is 1.23 bits per heavy atom. The van der Waals surface area contributed by atoms with Gasteiger partial charge in [-0.15, -0.1) is 24.0 Å². The van der Waals surface area contributed by atoms with E-state index in [0.717, 1.165) is 56.8 Å². The van der Waals surface area contributed by atoms with Crippen molar-refractivity contribution in [2.45, 2.75) is 65.0 Å². The molecule has 0 saturated carbocycles. The Balaban J connectivity index is 0.00000338. The van der Waals surface area contributed by atoms with E-state index >= 15 is 0 Å². The monoisotopic (exact) mass is 476 g/mol. The zero-order chi connectivity index (χ0) is 17.9. The van der Waals surface area contributed by atoms with Crippen molar-refractivity contribution in [1.29, 1.82) is 0 Å². The van der Waals surface area contributed by atoms with Gasteiger partial charge in [-0.1, -0.05) is 13.3 Å². The van der Waals surface area contributed by atoms with Crippen molar-refractivity contribution >= 4 is 29.9 Å². The second kappa shape index (κ2) is 13.4. The van der Waals surface area contributed by atoms with Gasteiger partial charge in [0.2, 0.25) is 0 Å². The number of hydrogen-bond donors (Lipinski definition) is 2. The maximum Gasteiger partial charge on any atom is 0.191 e. The van der Waals surface area contributed by atoms with Gasteiger partial charge in [0.15, 0.2) is 5.96 Å². The normalized spacial score (nSPS) is 18.4. The zero-order valence-electron chi connectivity index (χ0n) is 16.7. The van der Waals surface area contributed by atoms with Crippen LogP contribution in [-0.2, 0) is 6.54 Å². The molecule has 1 aliphatic heterocycles. The maximum atomic E-state index is 4.33. The number of unbranched alkanes of at least 4 members (excludes halogenated alkanes) is 1. The number of guanidine groups is 1. The molecule has 0 aromatic carbocycles. The largest absolute Gasteiger partial charge is 0.356 e. The molecule has 1 aromatic rings. The van der Waals surface area contributed by atoms with Gasteiger partial charge in [-0.2, -0.15) is 0 Å². The van der Waals surface area contributed by atoms with E-state index < -0.39 is 0 Å². The summed E-state index contributed by atoms with van der Waals surface area (Å²) >= 11 is 0. The van der Waals surface area contributed by atoms with Crippen molar-refractivity contribution in [2.24, 2.45) is 4.99 Å². The van der Waals surface area contributed by atoms with Crippen LogP contribution in [0.1, 0.15) is 51.3 Å². The first-order chi connectivity index (χ1) is 12.2. The Kier molecular flexibility index (Phi) is 11.9. The third-order valence-corrected chi connectivity index (χ3v) is 5.18. The van der Waals surface area contributed by atoms with Crippen LogP contribution in [0.2, 0.25) is 0 Å². The average molecular weight is 476 g/mol. The first-order valence-corrected chi connectivity index (χ1v) is 9.91. The van der Waals surface area contributed by atoms with Gasteiger partial charge in [0.1, 0.15) is 5.82 Å². The summed E-state index contributed by atoms with van der Waals surface area (Å²) in [6, 6.07) is 0.775. The number of aromatic nitrogens is 2. The summed E-state index contributed by atoms with van der Waals surface area (Å²) in [7, 11) is 1.85. The molecule has 6 nitrogen and oxygen atoms in total. The molecule has 1 unspecified atom stereocenters. The topological polar surface area (TPSA) is 57.5 Å². The molecule has 0 spiro atoms. The van der Waals surface area contributed by atoms with Crippen LogP contribution >= 0.6 is 24.0 Å². The molecular weight excluding hydrogens is 439 g/mol. The Bertz CT molecular complexity index is 516. The Morgan fingerprint density at radius 2 is 2.04 bits per heavy atom. The molecule has 26 heavy (non-hydrogen) atoms. The van der Waals surface area contributed by atoms with E-state index in [2.05, 4.69) is 43.9 Å². The van der Waals surface area contributed by atoms with Crippen LogP contribution in [0.4, 0.5) is 0 Å². The summed E-state index contributed by atoms with van der Waals surface area (Å²) < 4.78 is 2.20. The number of rotatable bonds is 9. The first-order valence-electron chi connectivity index (χ1n) is 9.91. The quantitative estimate of drug-likeness (QED) is 0.249. The minimum atomic E-state index is 0. The lowest BCUT2D eigenvalue weighted by atomic mass is 10.0. The molecule has 0 amide bonds. The molecule has 1 fully saturated rings. The number of aliphatic imine (C=N–C) groups is 1. The van der Waals surface area contributed by atoms with Gasteiger partial charge in [-0.25, -0.2) is 4.98 Å². The number of likely N-dealkylation sites (tertiary alicyclic amines) is 1. The molecule has 0 radical (unpaired) electrons. The Morgan fingerprint density at radius 3 is 2.73 bits per heavy atom. The van der Waals surface area contributed by atoms with Crippen molar-refractivity contribution in [2.75, 3.05) is 33.2 Å². The smallest absolute Gasteiger partial charge is 0.191 e. The molecule has 2 N–H and O–H groups in total. The molecule has 1 saturated heterocycles. The number of nitrogens with zero attached hydrogens (tertiary/aromatic N) is 4. The van der Waals surface area contributed by atoms with Crippen LogP contribution in [0, 0.1) is 6.92 Å². The van der Waals surface area contributed by atoms with Crippen molar-refractivity contribution in [3.05, 3.63) is 18.2 Å². The molecular formula is C19H37IN6. The fourth-order valence-corrected chi connectivity index (χ4v) is 3.61. The Labute approximate surface area is 176 Å². The number of imidazole rings is 1. The molecule has 0 aliphatic carbocycles. The van der Waals surface area contributed by atoms with E-state index in [1.165, 1.54) is 32.2 Å². The molecule has 0 bridgehead atoms. The molecule has 1 atom stereocenters. The number of aryl methyl sites for hydroxylation is 2. The summed E-state index contributed by atoms with van der Waals surface area (Å²) in [4.78, 5) is 11.2. The lowest BCUT2D eigenvalue weighted by molar-refractivity contribution is 0.147. The van der Waals surface area contributed by atoms with Gasteiger partial charge in [-0.05, 0) is 45.6 Å². The van der Waals surface area contributed by atoms with Crippen molar-refractivity contribution in [3.63, 3.8) is 0 Å². The van der Waals surface area contributed by atoms with E-state index in [0.29, 0.717) is 0 Å². The lowest BCUT2D eigenvalue weighted by Gasteiger charge is -2.35. The van der Waals surface area contributed by atoms with Crippen LogP contribution in [0.15, 0.2) is 17.4 Å². The van der Waals surface area contributed by atoms with Crippen molar-refractivity contribution in [3.8, 4) is 0 Å². The van der Waals surface area contributed by atoms with Crippen molar-refractivity contribution in [1.82, 2.24) is 25.1 Å². The predicted molar refractivity (Wildman–Crippen MR) is 120 cm³/mol. The summed E-state index contributed by atoms with van der Waals surface area (Å²) in [5, 5.41) is 6.88. The molecule has 2 heterocycles. The third-order valence-electron chi connectivity index (χ3n) is 5.18. The van der Waals surface area contributed by atoms with E-state index in [1.54, 1.807) is 0 Å². The Hall–Kier alpha value is -0.830. The number of piperidine rings is 1. The summed E-state index contributed by atoms with van der Waals surface area (Å²) in [6.45, 7) is 9.67.